The predicted molar refractivity (Wildman–Crippen MR) is 125 cm³/mol. The Hall–Kier alpha value is -0.0800. The monoisotopic (exact) mass is 392 g/mol. The summed E-state index contributed by atoms with van der Waals surface area (Å²) in [6, 6.07) is 0.662. The number of hydrogen-bond acceptors (Lipinski definition) is 2. The molecule has 0 heterocycles. The lowest BCUT2D eigenvalue weighted by atomic mass is 9.60. The van der Waals surface area contributed by atoms with Gasteiger partial charge in [-0.25, -0.2) is 0 Å². The van der Waals surface area contributed by atoms with Crippen molar-refractivity contribution in [3.63, 3.8) is 0 Å². The molecule has 0 aliphatic heterocycles. The van der Waals surface area contributed by atoms with E-state index in [2.05, 4.69) is 31.4 Å². The van der Waals surface area contributed by atoms with Crippen molar-refractivity contribution in [3.05, 3.63) is 0 Å². The lowest BCUT2D eigenvalue weighted by Crippen LogP contribution is -2.68. The van der Waals surface area contributed by atoms with E-state index in [-0.39, 0.29) is 0 Å². The molecule has 0 spiro atoms. The maximum atomic E-state index is 4.22. The molecular weight excluding hydrogens is 340 g/mol. The van der Waals surface area contributed by atoms with E-state index < -0.39 is 0 Å². The van der Waals surface area contributed by atoms with Crippen molar-refractivity contribution in [2.75, 3.05) is 13.1 Å². The molecule has 0 saturated heterocycles. The Morgan fingerprint density at radius 1 is 0.679 bits per heavy atom. The maximum Gasteiger partial charge on any atom is 0.0391 e. The van der Waals surface area contributed by atoms with Crippen molar-refractivity contribution in [2.45, 2.75) is 142 Å². The highest BCUT2D eigenvalue weighted by Gasteiger charge is 2.49. The van der Waals surface area contributed by atoms with E-state index in [0.717, 1.165) is 24.9 Å². The highest BCUT2D eigenvalue weighted by atomic mass is 15.1. The molecule has 2 heteroatoms. The summed E-state index contributed by atoms with van der Waals surface area (Å²) in [4.78, 5) is 0. The molecule has 2 fully saturated rings. The van der Waals surface area contributed by atoms with E-state index in [1.807, 2.05) is 0 Å². The molecule has 2 rings (SSSR count). The summed E-state index contributed by atoms with van der Waals surface area (Å²) in [5.41, 5.74) is 0.342. The fourth-order valence-electron chi connectivity index (χ4n) is 6.67. The van der Waals surface area contributed by atoms with Crippen LogP contribution in [-0.2, 0) is 0 Å². The van der Waals surface area contributed by atoms with Gasteiger partial charge in [0.25, 0.3) is 0 Å². The third kappa shape index (κ3) is 6.73. The minimum Gasteiger partial charge on any atom is -0.312 e. The first-order chi connectivity index (χ1) is 13.8. The molecule has 166 valence electrons. The second-order valence-electron chi connectivity index (χ2n) is 9.80. The van der Waals surface area contributed by atoms with Crippen LogP contribution < -0.4 is 10.6 Å². The molecule has 0 radical (unpaired) electrons. The van der Waals surface area contributed by atoms with Crippen LogP contribution in [0.4, 0.5) is 0 Å². The first kappa shape index (κ1) is 24.2. The smallest absolute Gasteiger partial charge is 0.0391 e. The van der Waals surface area contributed by atoms with Gasteiger partial charge in [-0.2, -0.15) is 0 Å². The van der Waals surface area contributed by atoms with Gasteiger partial charge in [0, 0.05) is 11.6 Å². The summed E-state index contributed by atoms with van der Waals surface area (Å²) in [5.74, 6) is 1.77. The molecule has 2 N–H and O–H groups in total. The molecule has 2 nitrogen and oxygen atoms in total. The minimum atomic E-state index is 0.342. The van der Waals surface area contributed by atoms with E-state index in [1.165, 1.54) is 109 Å². The topological polar surface area (TPSA) is 24.1 Å². The summed E-state index contributed by atoms with van der Waals surface area (Å²) >= 11 is 0. The second-order valence-corrected chi connectivity index (χ2v) is 9.80. The minimum absolute atomic E-state index is 0.342. The van der Waals surface area contributed by atoms with E-state index in [0.29, 0.717) is 11.6 Å². The summed E-state index contributed by atoms with van der Waals surface area (Å²) < 4.78 is 0. The van der Waals surface area contributed by atoms with Crippen LogP contribution in [0.25, 0.3) is 0 Å². The van der Waals surface area contributed by atoms with Crippen molar-refractivity contribution in [1.82, 2.24) is 10.6 Å². The zero-order valence-corrected chi connectivity index (χ0v) is 19.7. The molecule has 1 atom stereocenters. The van der Waals surface area contributed by atoms with Crippen LogP contribution >= 0.6 is 0 Å². The maximum absolute atomic E-state index is 4.22. The van der Waals surface area contributed by atoms with E-state index in [9.17, 15) is 0 Å². The average Bonchev–Trinajstić information content (AvgIpc) is 2.75. The molecule has 0 aromatic heterocycles. The Morgan fingerprint density at radius 2 is 1.21 bits per heavy atom. The van der Waals surface area contributed by atoms with Crippen LogP contribution in [0.15, 0.2) is 0 Å². The number of likely N-dealkylation sites (N-methyl/N-ethyl adjacent to an activating group) is 2. The van der Waals surface area contributed by atoms with Gasteiger partial charge in [0.2, 0.25) is 0 Å². The largest absolute Gasteiger partial charge is 0.312 e. The van der Waals surface area contributed by atoms with Gasteiger partial charge in [0.1, 0.15) is 0 Å². The third-order valence-electron chi connectivity index (χ3n) is 7.92. The lowest BCUT2D eigenvalue weighted by Gasteiger charge is -2.54. The van der Waals surface area contributed by atoms with Crippen LogP contribution in [-0.4, -0.2) is 24.7 Å². The Bertz CT molecular complexity index is 351. The normalized spacial score (nSPS) is 21.1. The summed E-state index contributed by atoms with van der Waals surface area (Å²) in [5, 5.41) is 8.26. The molecular formula is C26H52N2. The molecule has 28 heavy (non-hydrogen) atoms. The highest BCUT2D eigenvalue weighted by Crippen LogP contribution is 2.45. The van der Waals surface area contributed by atoms with Gasteiger partial charge in [-0.05, 0) is 57.0 Å². The van der Waals surface area contributed by atoms with Gasteiger partial charge >= 0.3 is 0 Å². The zero-order chi connectivity index (χ0) is 20.1. The Balaban J connectivity index is 2.15. The summed E-state index contributed by atoms with van der Waals surface area (Å²) in [6.45, 7) is 9.25. The molecule has 0 bridgehead atoms. The number of nitrogens with one attached hydrogen (secondary N) is 2. The van der Waals surface area contributed by atoms with Crippen molar-refractivity contribution >= 4 is 0 Å². The van der Waals surface area contributed by atoms with Crippen LogP contribution in [0.2, 0.25) is 0 Å². The standard InChI is InChI=1S/C26H52N2/c1-4-7-8-9-10-17-22-25(27-5-2)26(28-6-3,23-18-13-11-14-19-23)24-20-15-12-16-21-24/h23-25,27-28H,4-22H2,1-3H3. The fraction of sp³-hybridized carbons (Fsp3) is 1.00. The first-order valence-electron chi connectivity index (χ1n) is 13.3. The first-order valence-corrected chi connectivity index (χ1v) is 13.3. The predicted octanol–water partition coefficient (Wildman–Crippen LogP) is 7.22. The van der Waals surface area contributed by atoms with Crippen molar-refractivity contribution in [3.8, 4) is 0 Å². The van der Waals surface area contributed by atoms with E-state index in [4.69, 9.17) is 0 Å². The Labute approximate surface area is 177 Å². The van der Waals surface area contributed by atoms with Gasteiger partial charge in [-0.3, -0.25) is 0 Å². The van der Waals surface area contributed by atoms with Gasteiger partial charge in [-0.15, -0.1) is 0 Å². The van der Waals surface area contributed by atoms with Gasteiger partial charge in [0.15, 0.2) is 0 Å². The number of hydrogen-bond donors (Lipinski definition) is 2. The second kappa shape index (κ2) is 14.0. The molecule has 0 aromatic carbocycles. The van der Waals surface area contributed by atoms with E-state index >= 15 is 0 Å². The van der Waals surface area contributed by atoms with Gasteiger partial charge < -0.3 is 10.6 Å². The molecule has 1 unspecified atom stereocenters. The summed E-state index contributed by atoms with van der Waals surface area (Å²) in [7, 11) is 0. The zero-order valence-electron chi connectivity index (χ0n) is 19.7. The summed E-state index contributed by atoms with van der Waals surface area (Å²) in [6.07, 6.45) is 24.5. The molecule has 2 aliphatic rings. The third-order valence-corrected chi connectivity index (χ3v) is 7.92. The van der Waals surface area contributed by atoms with Gasteiger partial charge in [0.05, 0.1) is 0 Å². The average molecular weight is 393 g/mol. The van der Waals surface area contributed by atoms with Gasteiger partial charge in [-0.1, -0.05) is 97.8 Å². The van der Waals surface area contributed by atoms with Crippen LogP contribution in [0.3, 0.4) is 0 Å². The molecule has 2 aliphatic carbocycles. The van der Waals surface area contributed by atoms with Crippen LogP contribution in [0.1, 0.15) is 130 Å². The fourth-order valence-corrected chi connectivity index (χ4v) is 6.67. The number of rotatable bonds is 14. The highest BCUT2D eigenvalue weighted by molar-refractivity contribution is 5.08. The van der Waals surface area contributed by atoms with Crippen molar-refractivity contribution in [2.24, 2.45) is 11.8 Å². The number of unbranched alkanes of at least 4 members (excludes halogenated alkanes) is 5. The quantitative estimate of drug-likeness (QED) is 0.305. The molecule has 0 amide bonds. The van der Waals surface area contributed by atoms with E-state index in [1.54, 1.807) is 0 Å². The SMILES string of the molecule is CCCCCCCCC(NCC)C(NCC)(C1CCCCC1)C1CCCCC1. The van der Waals surface area contributed by atoms with Crippen molar-refractivity contribution < 1.29 is 0 Å². The van der Waals surface area contributed by atoms with Crippen molar-refractivity contribution in [1.29, 1.82) is 0 Å². The molecule has 0 aromatic rings. The lowest BCUT2D eigenvalue weighted by molar-refractivity contribution is 0.0306. The van der Waals surface area contributed by atoms with Crippen LogP contribution in [0, 0.1) is 11.8 Å². The van der Waals surface area contributed by atoms with Crippen LogP contribution in [0.5, 0.6) is 0 Å². The Kier molecular flexibility index (Phi) is 12.1. The Morgan fingerprint density at radius 3 is 1.71 bits per heavy atom. The molecule has 2 saturated carbocycles.